The van der Waals surface area contributed by atoms with Crippen molar-refractivity contribution < 1.29 is 9.90 Å². The zero-order chi connectivity index (χ0) is 14.9. The highest BCUT2D eigenvalue weighted by Crippen LogP contribution is 2.44. The molecule has 0 saturated heterocycles. The first-order chi connectivity index (χ1) is 9.38. The van der Waals surface area contributed by atoms with E-state index < -0.39 is 12.0 Å². The maximum absolute atomic E-state index is 11.7. The van der Waals surface area contributed by atoms with Gasteiger partial charge >= 0.3 is 5.97 Å². The molecule has 3 nitrogen and oxygen atoms in total. The Morgan fingerprint density at radius 2 is 2.10 bits per heavy atom. The second-order valence-electron chi connectivity index (χ2n) is 6.49. The number of fused-ring (bicyclic) bond motifs is 1. The van der Waals surface area contributed by atoms with Crippen LogP contribution >= 0.6 is 0 Å². The van der Waals surface area contributed by atoms with Gasteiger partial charge < -0.3 is 10.0 Å². The minimum Gasteiger partial charge on any atom is -0.480 e. The van der Waals surface area contributed by atoms with Crippen molar-refractivity contribution in [3.8, 4) is 0 Å². The van der Waals surface area contributed by atoms with Crippen LogP contribution < -0.4 is 4.90 Å². The first-order valence-electron chi connectivity index (χ1n) is 7.49. The van der Waals surface area contributed by atoms with E-state index >= 15 is 0 Å². The molecule has 3 heteroatoms. The number of carbonyl (C=O) groups is 1. The topological polar surface area (TPSA) is 40.5 Å². The molecule has 1 aromatic rings. The lowest BCUT2D eigenvalue weighted by Crippen LogP contribution is -2.56. The van der Waals surface area contributed by atoms with Gasteiger partial charge in [0.05, 0.1) is 0 Å². The van der Waals surface area contributed by atoms with Crippen molar-refractivity contribution in [3.05, 3.63) is 29.8 Å². The first-order valence-corrected chi connectivity index (χ1v) is 7.49. The standard InChI is InChI=1S/C17H25NO2/c1-5-8-15(16(19)20)18-14-10-7-6-9-13(14)12(2)11-17(18,3)4/h6-7,9-10,12,15H,5,8,11H2,1-4H3,(H,19,20)/t12-,15+/m0/s1. The van der Waals surface area contributed by atoms with Crippen molar-refractivity contribution in [2.75, 3.05) is 4.90 Å². The van der Waals surface area contributed by atoms with Gasteiger partial charge in [-0.1, -0.05) is 38.5 Å². The highest BCUT2D eigenvalue weighted by molar-refractivity contribution is 5.80. The van der Waals surface area contributed by atoms with Crippen LogP contribution in [0.1, 0.15) is 58.4 Å². The summed E-state index contributed by atoms with van der Waals surface area (Å²) in [6.45, 7) is 8.59. The van der Waals surface area contributed by atoms with Gasteiger partial charge in [0.1, 0.15) is 6.04 Å². The number of benzene rings is 1. The molecule has 1 heterocycles. The predicted molar refractivity (Wildman–Crippen MR) is 82.4 cm³/mol. The van der Waals surface area contributed by atoms with Crippen LogP contribution in [-0.4, -0.2) is 22.7 Å². The number of anilines is 1. The Bertz CT molecular complexity index is 496. The molecule has 110 valence electrons. The molecule has 0 unspecified atom stereocenters. The van der Waals surface area contributed by atoms with Crippen molar-refractivity contribution in [1.82, 2.24) is 0 Å². The lowest BCUT2D eigenvalue weighted by Gasteiger charge is -2.50. The zero-order valence-corrected chi connectivity index (χ0v) is 12.9. The Hall–Kier alpha value is -1.51. The van der Waals surface area contributed by atoms with E-state index in [1.165, 1.54) is 5.56 Å². The van der Waals surface area contributed by atoms with Gasteiger partial charge in [0.15, 0.2) is 0 Å². The number of carboxylic acid groups (broad SMARTS) is 1. The fourth-order valence-electron chi connectivity index (χ4n) is 3.63. The molecule has 0 spiro atoms. The maximum Gasteiger partial charge on any atom is 0.326 e. The number of carboxylic acids is 1. The van der Waals surface area contributed by atoms with Crippen LogP contribution in [0.4, 0.5) is 5.69 Å². The van der Waals surface area contributed by atoms with Crippen molar-refractivity contribution >= 4 is 11.7 Å². The lowest BCUT2D eigenvalue weighted by molar-refractivity contribution is -0.139. The van der Waals surface area contributed by atoms with Gasteiger partial charge in [-0.05, 0) is 44.2 Å². The van der Waals surface area contributed by atoms with Gasteiger partial charge in [0.25, 0.3) is 0 Å². The minimum absolute atomic E-state index is 0.133. The van der Waals surface area contributed by atoms with Crippen LogP contribution in [0.5, 0.6) is 0 Å². The van der Waals surface area contributed by atoms with E-state index in [2.05, 4.69) is 37.8 Å². The van der Waals surface area contributed by atoms with E-state index in [-0.39, 0.29) is 5.54 Å². The van der Waals surface area contributed by atoms with Crippen molar-refractivity contribution in [2.45, 2.75) is 64.5 Å². The number of hydrogen-bond acceptors (Lipinski definition) is 2. The van der Waals surface area contributed by atoms with E-state index in [1.54, 1.807) is 0 Å². The highest BCUT2D eigenvalue weighted by Gasteiger charge is 2.41. The fourth-order valence-corrected chi connectivity index (χ4v) is 3.63. The summed E-state index contributed by atoms with van der Waals surface area (Å²) in [5, 5.41) is 9.64. The second kappa shape index (κ2) is 5.47. The Labute approximate surface area is 121 Å². The van der Waals surface area contributed by atoms with Crippen molar-refractivity contribution in [1.29, 1.82) is 0 Å². The molecule has 20 heavy (non-hydrogen) atoms. The molecular formula is C17H25NO2. The zero-order valence-electron chi connectivity index (χ0n) is 12.9. The van der Waals surface area contributed by atoms with Gasteiger partial charge in [0.2, 0.25) is 0 Å². The molecule has 0 saturated carbocycles. The number of nitrogens with zero attached hydrogens (tertiary/aromatic N) is 1. The summed E-state index contributed by atoms with van der Waals surface area (Å²) in [5.41, 5.74) is 2.23. The fraction of sp³-hybridized carbons (Fsp3) is 0.588. The SMILES string of the molecule is CCC[C@H](C(=O)O)N1c2ccccc2[C@@H](C)CC1(C)C. The summed E-state index contributed by atoms with van der Waals surface area (Å²) in [4.78, 5) is 13.9. The Morgan fingerprint density at radius 1 is 1.45 bits per heavy atom. The Kier molecular flexibility index (Phi) is 4.07. The normalized spacial score (nSPS) is 22.2. The highest BCUT2D eigenvalue weighted by atomic mass is 16.4. The summed E-state index contributed by atoms with van der Waals surface area (Å²) in [6, 6.07) is 7.81. The molecule has 0 bridgehead atoms. The Balaban J connectivity index is 2.53. The molecular weight excluding hydrogens is 250 g/mol. The molecule has 1 aliphatic heterocycles. The molecule has 1 aromatic carbocycles. The van der Waals surface area contributed by atoms with Gasteiger partial charge in [-0.15, -0.1) is 0 Å². The molecule has 1 aliphatic rings. The molecule has 2 atom stereocenters. The summed E-state index contributed by atoms with van der Waals surface area (Å²) < 4.78 is 0. The Morgan fingerprint density at radius 3 is 2.70 bits per heavy atom. The molecule has 0 aromatic heterocycles. The minimum atomic E-state index is -0.718. The van der Waals surface area contributed by atoms with Crippen molar-refractivity contribution in [2.24, 2.45) is 0 Å². The predicted octanol–water partition coefficient (Wildman–Crippen LogP) is 4.03. The smallest absolute Gasteiger partial charge is 0.326 e. The quantitative estimate of drug-likeness (QED) is 0.901. The maximum atomic E-state index is 11.7. The third-order valence-electron chi connectivity index (χ3n) is 4.34. The van der Waals surface area contributed by atoms with Crippen LogP contribution in [-0.2, 0) is 4.79 Å². The average Bonchev–Trinajstić information content (AvgIpc) is 2.36. The molecule has 0 aliphatic carbocycles. The van der Waals surface area contributed by atoms with Crippen LogP contribution in [0.25, 0.3) is 0 Å². The van der Waals surface area contributed by atoms with E-state index in [4.69, 9.17) is 0 Å². The van der Waals surface area contributed by atoms with Crippen LogP contribution in [0.3, 0.4) is 0 Å². The van der Waals surface area contributed by atoms with Gasteiger partial charge in [0, 0.05) is 11.2 Å². The largest absolute Gasteiger partial charge is 0.480 e. The first kappa shape index (κ1) is 14.9. The van der Waals surface area contributed by atoms with Gasteiger partial charge in [-0.25, -0.2) is 4.79 Å². The monoisotopic (exact) mass is 275 g/mol. The van der Waals surface area contributed by atoms with E-state index in [0.717, 1.165) is 18.5 Å². The van der Waals surface area contributed by atoms with Crippen LogP contribution in [0, 0.1) is 0 Å². The van der Waals surface area contributed by atoms with Gasteiger partial charge in [-0.2, -0.15) is 0 Å². The average molecular weight is 275 g/mol. The summed E-state index contributed by atoms with van der Waals surface area (Å²) >= 11 is 0. The van der Waals surface area contributed by atoms with Crippen molar-refractivity contribution in [3.63, 3.8) is 0 Å². The van der Waals surface area contributed by atoms with Crippen LogP contribution in [0.2, 0.25) is 0 Å². The summed E-state index contributed by atoms with van der Waals surface area (Å²) in [6.07, 6.45) is 2.54. The molecule has 1 N–H and O–H groups in total. The number of hydrogen-bond donors (Lipinski definition) is 1. The third kappa shape index (κ3) is 2.54. The lowest BCUT2D eigenvalue weighted by atomic mass is 9.79. The summed E-state index contributed by atoms with van der Waals surface area (Å²) in [7, 11) is 0. The number of aliphatic carboxylic acids is 1. The van der Waals surface area contributed by atoms with Crippen LogP contribution in [0.15, 0.2) is 24.3 Å². The summed E-state index contributed by atoms with van der Waals surface area (Å²) in [5.74, 6) is -0.252. The molecule has 0 radical (unpaired) electrons. The van der Waals surface area contributed by atoms with E-state index in [9.17, 15) is 9.90 Å². The van der Waals surface area contributed by atoms with Gasteiger partial charge in [-0.3, -0.25) is 0 Å². The van der Waals surface area contributed by atoms with E-state index in [0.29, 0.717) is 12.3 Å². The second-order valence-corrected chi connectivity index (χ2v) is 6.49. The number of rotatable bonds is 4. The van der Waals surface area contributed by atoms with E-state index in [1.807, 2.05) is 19.1 Å². The third-order valence-corrected chi connectivity index (χ3v) is 4.34. The number of para-hydroxylation sites is 1. The molecule has 0 fully saturated rings. The molecule has 0 amide bonds. The molecule has 2 rings (SSSR count).